The van der Waals surface area contributed by atoms with Gasteiger partial charge in [-0.1, -0.05) is 30.7 Å². The van der Waals surface area contributed by atoms with E-state index >= 15 is 0 Å². The first-order valence-electron chi connectivity index (χ1n) is 7.39. The van der Waals surface area contributed by atoms with E-state index in [-0.39, 0.29) is 11.8 Å². The molecule has 1 rings (SSSR count). The molecule has 0 aromatic heterocycles. The van der Waals surface area contributed by atoms with Crippen molar-refractivity contribution < 1.29 is 8.42 Å². The van der Waals surface area contributed by atoms with Crippen LogP contribution in [-0.2, 0) is 9.84 Å². The van der Waals surface area contributed by atoms with Crippen LogP contribution in [0.3, 0.4) is 0 Å². The number of hydrogen-bond acceptors (Lipinski definition) is 4. The van der Waals surface area contributed by atoms with Crippen molar-refractivity contribution in [3.63, 3.8) is 0 Å². The monoisotopic (exact) mass is 329 g/mol. The Morgan fingerprint density at radius 2 is 2.00 bits per heavy atom. The van der Waals surface area contributed by atoms with Gasteiger partial charge >= 0.3 is 0 Å². The zero-order valence-electron chi connectivity index (χ0n) is 13.5. The summed E-state index contributed by atoms with van der Waals surface area (Å²) >= 11 is 1.70. The Morgan fingerprint density at radius 3 is 2.57 bits per heavy atom. The summed E-state index contributed by atoms with van der Waals surface area (Å²) in [6.07, 6.45) is 2.39. The quantitative estimate of drug-likeness (QED) is 0.707. The fraction of sp³-hybridized carbons (Fsp3) is 0.625. The molecule has 0 radical (unpaired) electrons. The van der Waals surface area contributed by atoms with E-state index in [0.717, 1.165) is 18.7 Å². The average Bonchev–Trinajstić information content (AvgIpc) is 2.38. The molecular formula is C16H27NO2S2. The van der Waals surface area contributed by atoms with Crippen LogP contribution in [0.2, 0.25) is 0 Å². The molecule has 1 unspecified atom stereocenters. The van der Waals surface area contributed by atoms with Gasteiger partial charge in [0.05, 0.1) is 5.75 Å². The topological polar surface area (TPSA) is 46.2 Å². The lowest BCUT2D eigenvalue weighted by Gasteiger charge is -2.21. The summed E-state index contributed by atoms with van der Waals surface area (Å²) in [5.74, 6) is 1.82. The lowest BCUT2D eigenvalue weighted by molar-refractivity contribution is 0.575. The molecule has 0 saturated carbocycles. The third kappa shape index (κ3) is 7.34. The van der Waals surface area contributed by atoms with Crippen LogP contribution in [0.4, 0.5) is 0 Å². The standard InChI is InChI=1S/C16H27NO2S2/c1-5-8-17-16(12-20-9-10-21(4,18)19)15-7-6-13(2)11-14(15)3/h6-7,11,16-17H,5,8-10,12H2,1-4H3. The van der Waals surface area contributed by atoms with Gasteiger partial charge in [0.15, 0.2) is 0 Å². The maximum Gasteiger partial charge on any atom is 0.148 e. The molecule has 21 heavy (non-hydrogen) atoms. The Hall–Kier alpha value is -0.520. The highest BCUT2D eigenvalue weighted by Gasteiger charge is 2.13. The summed E-state index contributed by atoms with van der Waals surface area (Å²) in [6.45, 7) is 7.38. The van der Waals surface area contributed by atoms with Crippen LogP contribution in [0, 0.1) is 13.8 Å². The van der Waals surface area contributed by atoms with Gasteiger partial charge in [-0.2, -0.15) is 11.8 Å². The number of benzene rings is 1. The van der Waals surface area contributed by atoms with Crippen LogP contribution in [-0.4, -0.2) is 38.5 Å². The van der Waals surface area contributed by atoms with E-state index in [4.69, 9.17) is 0 Å². The van der Waals surface area contributed by atoms with Gasteiger partial charge in [-0.05, 0) is 37.9 Å². The second-order valence-electron chi connectivity index (χ2n) is 5.57. The van der Waals surface area contributed by atoms with E-state index in [9.17, 15) is 8.42 Å². The molecule has 0 spiro atoms. The highest BCUT2D eigenvalue weighted by Crippen LogP contribution is 2.23. The molecule has 0 heterocycles. The summed E-state index contributed by atoms with van der Waals surface area (Å²) in [6, 6.07) is 6.83. The Labute approximate surface area is 133 Å². The second-order valence-corrected chi connectivity index (χ2v) is 8.98. The minimum absolute atomic E-state index is 0.255. The van der Waals surface area contributed by atoms with E-state index < -0.39 is 9.84 Å². The van der Waals surface area contributed by atoms with Crippen LogP contribution in [0.1, 0.15) is 36.1 Å². The van der Waals surface area contributed by atoms with Gasteiger partial charge in [-0.3, -0.25) is 0 Å². The highest BCUT2D eigenvalue weighted by molar-refractivity contribution is 8.00. The molecule has 1 N–H and O–H groups in total. The van der Waals surface area contributed by atoms with Crippen molar-refractivity contribution >= 4 is 21.6 Å². The fourth-order valence-electron chi connectivity index (χ4n) is 2.21. The van der Waals surface area contributed by atoms with Gasteiger partial charge in [0.25, 0.3) is 0 Å². The minimum atomic E-state index is -2.86. The van der Waals surface area contributed by atoms with Crippen molar-refractivity contribution in [3.8, 4) is 0 Å². The number of nitrogens with one attached hydrogen (secondary N) is 1. The minimum Gasteiger partial charge on any atom is -0.309 e. The van der Waals surface area contributed by atoms with Gasteiger partial charge in [-0.25, -0.2) is 8.42 Å². The predicted octanol–water partition coefficient (Wildman–Crippen LogP) is 3.12. The average molecular weight is 330 g/mol. The SMILES string of the molecule is CCCNC(CSCCS(C)(=O)=O)c1ccc(C)cc1C. The summed E-state index contributed by atoms with van der Waals surface area (Å²) in [7, 11) is -2.86. The molecule has 0 aliphatic rings. The maximum absolute atomic E-state index is 11.2. The number of sulfone groups is 1. The van der Waals surface area contributed by atoms with Crippen molar-refractivity contribution in [1.82, 2.24) is 5.32 Å². The molecule has 0 amide bonds. The van der Waals surface area contributed by atoms with E-state index in [1.165, 1.54) is 22.9 Å². The van der Waals surface area contributed by atoms with Gasteiger partial charge in [0.2, 0.25) is 0 Å². The van der Waals surface area contributed by atoms with Gasteiger partial charge < -0.3 is 5.32 Å². The summed E-state index contributed by atoms with van der Waals surface area (Å²) < 4.78 is 22.4. The zero-order chi connectivity index (χ0) is 15.9. The molecule has 0 aliphatic carbocycles. The Morgan fingerprint density at radius 1 is 1.29 bits per heavy atom. The van der Waals surface area contributed by atoms with Gasteiger partial charge in [-0.15, -0.1) is 0 Å². The molecule has 3 nitrogen and oxygen atoms in total. The van der Waals surface area contributed by atoms with Crippen molar-refractivity contribution in [3.05, 3.63) is 34.9 Å². The molecule has 120 valence electrons. The first kappa shape index (κ1) is 18.5. The number of thioether (sulfide) groups is 1. The molecule has 0 aliphatic heterocycles. The normalized spacial score (nSPS) is 13.3. The molecule has 1 aromatic carbocycles. The third-order valence-electron chi connectivity index (χ3n) is 3.32. The van der Waals surface area contributed by atoms with E-state index in [0.29, 0.717) is 5.75 Å². The molecule has 5 heteroatoms. The first-order valence-corrected chi connectivity index (χ1v) is 10.6. The van der Waals surface area contributed by atoms with Crippen LogP contribution < -0.4 is 5.32 Å². The predicted molar refractivity (Wildman–Crippen MR) is 94.0 cm³/mol. The Balaban J connectivity index is 2.67. The molecule has 0 saturated heterocycles. The van der Waals surface area contributed by atoms with E-state index in [2.05, 4.69) is 44.3 Å². The molecule has 1 atom stereocenters. The van der Waals surface area contributed by atoms with Gasteiger partial charge in [0.1, 0.15) is 9.84 Å². The maximum atomic E-state index is 11.2. The van der Waals surface area contributed by atoms with Crippen molar-refractivity contribution in [2.24, 2.45) is 0 Å². The number of rotatable bonds is 9. The Kier molecular flexibility index (Phi) is 7.77. The molecule has 0 fully saturated rings. The lowest BCUT2D eigenvalue weighted by atomic mass is 10.00. The lowest BCUT2D eigenvalue weighted by Crippen LogP contribution is -2.25. The first-order chi connectivity index (χ1) is 9.83. The van der Waals surface area contributed by atoms with Crippen molar-refractivity contribution in [2.75, 3.05) is 30.1 Å². The highest BCUT2D eigenvalue weighted by atomic mass is 32.2. The zero-order valence-corrected chi connectivity index (χ0v) is 15.1. The third-order valence-corrected chi connectivity index (χ3v) is 5.59. The van der Waals surface area contributed by atoms with E-state index in [1.807, 2.05) is 0 Å². The second kappa shape index (κ2) is 8.81. The van der Waals surface area contributed by atoms with Crippen LogP contribution >= 0.6 is 11.8 Å². The van der Waals surface area contributed by atoms with Crippen LogP contribution in [0.5, 0.6) is 0 Å². The van der Waals surface area contributed by atoms with Crippen molar-refractivity contribution in [2.45, 2.75) is 33.2 Å². The molecule has 0 bridgehead atoms. The smallest absolute Gasteiger partial charge is 0.148 e. The summed E-state index contributed by atoms with van der Waals surface area (Å²) in [5.41, 5.74) is 3.89. The van der Waals surface area contributed by atoms with E-state index in [1.54, 1.807) is 11.8 Å². The molecule has 1 aromatic rings. The van der Waals surface area contributed by atoms with Crippen LogP contribution in [0.25, 0.3) is 0 Å². The summed E-state index contributed by atoms with van der Waals surface area (Å²) in [4.78, 5) is 0. The molecular weight excluding hydrogens is 302 g/mol. The van der Waals surface area contributed by atoms with Crippen LogP contribution in [0.15, 0.2) is 18.2 Å². The van der Waals surface area contributed by atoms with Crippen molar-refractivity contribution in [1.29, 1.82) is 0 Å². The summed E-state index contributed by atoms with van der Waals surface area (Å²) in [5, 5.41) is 3.57. The Bertz CT molecular complexity index is 541. The largest absolute Gasteiger partial charge is 0.309 e. The fourth-order valence-corrected chi connectivity index (χ4v) is 4.59. The van der Waals surface area contributed by atoms with Gasteiger partial charge in [0, 0.05) is 23.8 Å². The number of hydrogen-bond donors (Lipinski definition) is 1. The number of aryl methyl sites for hydroxylation is 2.